The summed E-state index contributed by atoms with van der Waals surface area (Å²) in [6.07, 6.45) is 8.56. The molecule has 0 saturated carbocycles. The van der Waals surface area contributed by atoms with Gasteiger partial charge in [0.1, 0.15) is 0 Å². The molecule has 1 aliphatic rings. The third kappa shape index (κ3) is 6.74. The summed E-state index contributed by atoms with van der Waals surface area (Å²) in [6, 6.07) is 0.449. The number of rotatable bonds is 9. The Balaban J connectivity index is 2.17. The smallest absolute Gasteiger partial charge is 0.239 e. The summed E-state index contributed by atoms with van der Waals surface area (Å²) in [7, 11) is 0. The highest BCUT2D eigenvalue weighted by atomic mass is 16.2. The Morgan fingerprint density at radius 2 is 1.85 bits per heavy atom. The SMILES string of the molecule is CC(C)CCCCCCN1CCCC(NC(C)C)C1=O. The summed E-state index contributed by atoms with van der Waals surface area (Å²) in [4.78, 5) is 14.4. The molecule has 20 heavy (non-hydrogen) atoms. The largest absolute Gasteiger partial charge is 0.341 e. The first-order chi connectivity index (χ1) is 9.50. The summed E-state index contributed by atoms with van der Waals surface area (Å²) in [6.45, 7) is 10.7. The van der Waals surface area contributed by atoms with Crippen molar-refractivity contribution in [2.45, 2.75) is 84.7 Å². The highest BCUT2D eigenvalue weighted by molar-refractivity contribution is 5.82. The Morgan fingerprint density at radius 3 is 2.50 bits per heavy atom. The van der Waals surface area contributed by atoms with Crippen molar-refractivity contribution in [3.05, 3.63) is 0 Å². The van der Waals surface area contributed by atoms with Crippen molar-refractivity contribution in [3.8, 4) is 0 Å². The quantitative estimate of drug-likeness (QED) is 0.656. The average Bonchev–Trinajstić information content (AvgIpc) is 2.36. The first kappa shape index (κ1) is 17.5. The number of hydrogen-bond donors (Lipinski definition) is 1. The van der Waals surface area contributed by atoms with Gasteiger partial charge in [-0.15, -0.1) is 0 Å². The van der Waals surface area contributed by atoms with E-state index in [0.717, 1.165) is 38.3 Å². The fraction of sp³-hybridized carbons (Fsp3) is 0.941. The van der Waals surface area contributed by atoms with Gasteiger partial charge in [-0.3, -0.25) is 4.79 Å². The predicted octanol–water partition coefficient (Wildman–Crippen LogP) is 3.58. The lowest BCUT2D eigenvalue weighted by Crippen LogP contribution is -2.52. The second-order valence-corrected chi connectivity index (χ2v) is 6.94. The van der Waals surface area contributed by atoms with E-state index in [1.54, 1.807) is 0 Å². The molecule has 1 saturated heterocycles. The molecule has 0 radical (unpaired) electrons. The normalized spacial score (nSPS) is 20.2. The van der Waals surface area contributed by atoms with E-state index in [1.807, 2.05) is 0 Å². The van der Waals surface area contributed by atoms with Crippen LogP contribution in [0, 0.1) is 5.92 Å². The molecule has 1 N–H and O–H groups in total. The van der Waals surface area contributed by atoms with Gasteiger partial charge in [0, 0.05) is 19.1 Å². The van der Waals surface area contributed by atoms with Crippen LogP contribution in [0.3, 0.4) is 0 Å². The molecular weight excluding hydrogens is 248 g/mol. The van der Waals surface area contributed by atoms with Gasteiger partial charge < -0.3 is 10.2 Å². The zero-order valence-electron chi connectivity index (χ0n) is 14.0. The summed E-state index contributed by atoms with van der Waals surface area (Å²) < 4.78 is 0. The lowest BCUT2D eigenvalue weighted by atomic mass is 10.0. The molecule has 1 aliphatic heterocycles. The van der Waals surface area contributed by atoms with Gasteiger partial charge in [0.05, 0.1) is 6.04 Å². The number of piperidine rings is 1. The minimum absolute atomic E-state index is 0.0599. The zero-order valence-corrected chi connectivity index (χ0v) is 14.0. The van der Waals surface area contributed by atoms with Crippen molar-refractivity contribution in [2.75, 3.05) is 13.1 Å². The molecule has 118 valence electrons. The van der Waals surface area contributed by atoms with Crippen molar-refractivity contribution in [1.82, 2.24) is 10.2 Å². The minimum atomic E-state index is 0.0599. The van der Waals surface area contributed by atoms with Gasteiger partial charge in [-0.1, -0.05) is 53.4 Å². The van der Waals surface area contributed by atoms with Crippen LogP contribution in [0.4, 0.5) is 0 Å². The molecule has 1 heterocycles. The standard InChI is InChI=1S/C17H34N2O/c1-14(2)10-7-5-6-8-12-19-13-9-11-16(17(19)20)18-15(3)4/h14-16,18H,5-13H2,1-4H3. The molecule has 3 heteroatoms. The minimum Gasteiger partial charge on any atom is -0.341 e. The Bertz CT molecular complexity index is 276. The maximum atomic E-state index is 12.3. The molecule has 1 rings (SSSR count). The van der Waals surface area contributed by atoms with E-state index >= 15 is 0 Å². The predicted molar refractivity (Wildman–Crippen MR) is 85.8 cm³/mol. The van der Waals surface area contributed by atoms with E-state index in [0.29, 0.717) is 11.9 Å². The van der Waals surface area contributed by atoms with Gasteiger partial charge in [0.2, 0.25) is 5.91 Å². The van der Waals surface area contributed by atoms with Crippen LogP contribution in [-0.2, 0) is 4.79 Å². The maximum Gasteiger partial charge on any atom is 0.239 e. The molecule has 0 aromatic rings. The molecule has 0 bridgehead atoms. The van der Waals surface area contributed by atoms with E-state index < -0.39 is 0 Å². The van der Waals surface area contributed by atoms with E-state index in [4.69, 9.17) is 0 Å². The number of amides is 1. The summed E-state index contributed by atoms with van der Waals surface area (Å²) in [5.74, 6) is 1.15. The number of nitrogens with zero attached hydrogens (tertiary/aromatic N) is 1. The van der Waals surface area contributed by atoms with Crippen molar-refractivity contribution < 1.29 is 4.79 Å². The highest BCUT2D eigenvalue weighted by Crippen LogP contribution is 2.15. The molecule has 1 unspecified atom stereocenters. The first-order valence-corrected chi connectivity index (χ1v) is 8.55. The van der Waals surface area contributed by atoms with Crippen LogP contribution in [0.5, 0.6) is 0 Å². The average molecular weight is 282 g/mol. The second-order valence-electron chi connectivity index (χ2n) is 6.94. The first-order valence-electron chi connectivity index (χ1n) is 8.55. The topological polar surface area (TPSA) is 32.3 Å². The Kier molecular flexibility index (Phi) is 8.20. The molecule has 1 fully saturated rings. The van der Waals surface area contributed by atoms with Gasteiger partial charge in [-0.05, 0) is 25.2 Å². The van der Waals surface area contributed by atoms with Gasteiger partial charge in [0.25, 0.3) is 0 Å². The monoisotopic (exact) mass is 282 g/mol. The van der Waals surface area contributed by atoms with Gasteiger partial charge in [-0.25, -0.2) is 0 Å². The Morgan fingerprint density at radius 1 is 1.15 bits per heavy atom. The van der Waals surface area contributed by atoms with E-state index in [-0.39, 0.29) is 6.04 Å². The second kappa shape index (κ2) is 9.38. The van der Waals surface area contributed by atoms with E-state index in [9.17, 15) is 4.79 Å². The highest BCUT2D eigenvalue weighted by Gasteiger charge is 2.28. The van der Waals surface area contributed by atoms with Gasteiger partial charge in [-0.2, -0.15) is 0 Å². The van der Waals surface area contributed by atoms with Crippen LogP contribution in [0.15, 0.2) is 0 Å². The molecular formula is C17H34N2O. The summed E-state index contributed by atoms with van der Waals surface area (Å²) in [5.41, 5.74) is 0. The molecule has 1 amide bonds. The summed E-state index contributed by atoms with van der Waals surface area (Å²) in [5, 5.41) is 3.39. The zero-order chi connectivity index (χ0) is 15.0. The molecule has 1 atom stereocenters. The van der Waals surface area contributed by atoms with E-state index in [2.05, 4.69) is 37.9 Å². The fourth-order valence-corrected chi connectivity index (χ4v) is 2.93. The van der Waals surface area contributed by atoms with Crippen molar-refractivity contribution in [3.63, 3.8) is 0 Å². The van der Waals surface area contributed by atoms with E-state index in [1.165, 1.54) is 25.7 Å². The van der Waals surface area contributed by atoms with Crippen LogP contribution in [0.25, 0.3) is 0 Å². The molecule has 0 aromatic heterocycles. The fourth-order valence-electron chi connectivity index (χ4n) is 2.93. The van der Waals surface area contributed by atoms with Crippen molar-refractivity contribution in [1.29, 1.82) is 0 Å². The van der Waals surface area contributed by atoms with Crippen molar-refractivity contribution >= 4 is 5.91 Å². The van der Waals surface area contributed by atoms with Crippen molar-refractivity contribution in [2.24, 2.45) is 5.92 Å². The number of unbranched alkanes of at least 4 members (excludes halogenated alkanes) is 3. The Hall–Kier alpha value is -0.570. The number of nitrogens with one attached hydrogen (secondary N) is 1. The van der Waals surface area contributed by atoms with Crippen LogP contribution < -0.4 is 5.32 Å². The number of carbonyl (C=O) groups excluding carboxylic acids is 1. The molecule has 0 aromatic carbocycles. The maximum absolute atomic E-state index is 12.3. The number of hydrogen-bond acceptors (Lipinski definition) is 2. The summed E-state index contributed by atoms with van der Waals surface area (Å²) >= 11 is 0. The number of likely N-dealkylation sites (tertiary alicyclic amines) is 1. The lowest BCUT2D eigenvalue weighted by molar-refractivity contribution is -0.136. The lowest BCUT2D eigenvalue weighted by Gasteiger charge is -2.33. The molecule has 0 spiro atoms. The number of carbonyl (C=O) groups is 1. The van der Waals surface area contributed by atoms with Crippen LogP contribution in [0.1, 0.15) is 72.6 Å². The van der Waals surface area contributed by atoms with Gasteiger partial charge in [0.15, 0.2) is 0 Å². The molecule has 0 aliphatic carbocycles. The third-order valence-corrected chi connectivity index (χ3v) is 4.02. The van der Waals surface area contributed by atoms with Crippen LogP contribution in [-0.4, -0.2) is 36.0 Å². The third-order valence-electron chi connectivity index (χ3n) is 4.02. The molecule has 3 nitrogen and oxygen atoms in total. The van der Waals surface area contributed by atoms with Crippen LogP contribution >= 0.6 is 0 Å². The Labute approximate surface area is 125 Å². The van der Waals surface area contributed by atoms with Gasteiger partial charge >= 0.3 is 0 Å². The van der Waals surface area contributed by atoms with Crippen LogP contribution in [0.2, 0.25) is 0 Å².